The molecule has 2 N–H and O–H groups in total. The van der Waals surface area contributed by atoms with Crippen LogP contribution in [0.1, 0.15) is 27.2 Å². The Balaban J connectivity index is 2.74. The maximum Gasteiger partial charge on any atom is 0.136 e. The first-order valence-electron chi connectivity index (χ1n) is 3.54. The van der Waals surface area contributed by atoms with Crippen LogP contribution in [0.15, 0.2) is 0 Å². The van der Waals surface area contributed by atoms with E-state index < -0.39 is 5.72 Å². The van der Waals surface area contributed by atoms with Crippen LogP contribution in [0.5, 0.6) is 0 Å². The summed E-state index contributed by atoms with van der Waals surface area (Å²) in [6.07, 6.45) is 0.713. The molecule has 0 bridgehead atoms. The maximum absolute atomic E-state index is 9.67. The first kappa shape index (κ1) is 9.29. The molecule has 0 spiro atoms. The average Bonchev–Trinajstić information content (AvgIpc) is 1.49. The summed E-state index contributed by atoms with van der Waals surface area (Å²) >= 11 is 6.60. The molecule has 1 rings (SSSR count). The van der Waals surface area contributed by atoms with Crippen molar-refractivity contribution in [3.8, 4) is 0 Å². The Kier molecular flexibility index (Phi) is 2.20. The van der Waals surface area contributed by atoms with Crippen LogP contribution in [0.25, 0.3) is 0 Å². The highest BCUT2D eigenvalue weighted by molar-refractivity contribution is 8.23. The van der Waals surface area contributed by atoms with Gasteiger partial charge in [0.15, 0.2) is 0 Å². The zero-order valence-corrected chi connectivity index (χ0v) is 8.60. The fourth-order valence-corrected chi connectivity index (χ4v) is 3.43. The molecule has 1 unspecified atom stereocenters. The second-order valence-electron chi connectivity index (χ2n) is 3.72. The molecule has 1 aliphatic rings. The first-order chi connectivity index (χ1) is 4.81. The molecule has 0 aromatic heterocycles. The average molecular weight is 191 g/mol. The monoisotopic (exact) mass is 191 g/mol. The zero-order chi connectivity index (χ0) is 8.70. The molecule has 1 aliphatic heterocycles. The summed E-state index contributed by atoms with van der Waals surface area (Å²) < 4.78 is 0.734. The molecule has 4 heteroatoms. The van der Waals surface area contributed by atoms with Crippen LogP contribution in [-0.2, 0) is 0 Å². The molecular weight excluding hydrogens is 178 g/mol. The Morgan fingerprint density at radius 3 is 2.45 bits per heavy atom. The lowest BCUT2D eigenvalue weighted by atomic mass is 10.0. The summed E-state index contributed by atoms with van der Waals surface area (Å²) in [6.45, 7) is 5.92. The summed E-state index contributed by atoms with van der Waals surface area (Å²) in [5.74, 6) is 0. The second-order valence-corrected chi connectivity index (χ2v) is 6.11. The number of nitrogens with one attached hydrogen (secondary N) is 1. The van der Waals surface area contributed by atoms with Crippen molar-refractivity contribution >= 4 is 28.3 Å². The van der Waals surface area contributed by atoms with Crippen molar-refractivity contribution < 1.29 is 5.11 Å². The number of thioether (sulfide) groups is 1. The third-order valence-corrected chi connectivity index (χ3v) is 2.85. The molecule has 2 nitrogen and oxygen atoms in total. The van der Waals surface area contributed by atoms with Crippen molar-refractivity contribution in [2.45, 2.75) is 37.7 Å². The lowest BCUT2D eigenvalue weighted by molar-refractivity contribution is 0.0273. The van der Waals surface area contributed by atoms with Crippen molar-refractivity contribution in [3.05, 3.63) is 0 Å². The van der Waals surface area contributed by atoms with Crippen molar-refractivity contribution in [3.63, 3.8) is 0 Å². The molecule has 64 valence electrons. The molecule has 0 aromatic carbocycles. The molecule has 0 aromatic rings. The van der Waals surface area contributed by atoms with Crippen molar-refractivity contribution in [2.24, 2.45) is 0 Å². The molecule has 0 aliphatic carbocycles. The predicted molar refractivity (Wildman–Crippen MR) is 52.6 cm³/mol. The van der Waals surface area contributed by atoms with E-state index in [1.165, 1.54) is 0 Å². The van der Waals surface area contributed by atoms with E-state index in [9.17, 15) is 5.11 Å². The van der Waals surface area contributed by atoms with Gasteiger partial charge in [-0.15, -0.1) is 0 Å². The number of thiocarbonyl (C=S) groups is 1. The molecular formula is C7H13NOS2. The number of hydrogen-bond acceptors (Lipinski definition) is 3. The van der Waals surface area contributed by atoms with Crippen molar-refractivity contribution in [1.82, 2.24) is 5.32 Å². The number of rotatable bonds is 0. The van der Waals surface area contributed by atoms with Crippen LogP contribution < -0.4 is 5.32 Å². The first-order valence-corrected chi connectivity index (χ1v) is 4.77. The molecule has 0 amide bonds. The molecule has 1 heterocycles. The van der Waals surface area contributed by atoms with E-state index in [2.05, 4.69) is 19.2 Å². The van der Waals surface area contributed by atoms with Gasteiger partial charge < -0.3 is 10.4 Å². The van der Waals surface area contributed by atoms with Gasteiger partial charge in [0.05, 0.1) is 0 Å². The summed E-state index contributed by atoms with van der Waals surface area (Å²) in [5, 5.41) is 12.5. The van der Waals surface area contributed by atoms with Crippen LogP contribution in [0.4, 0.5) is 0 Å². The lowest BCUT2D eigenvalue weighted by Crippen LogP contribution is -2.53. The van der Waals surface area contributed by atoms with Gasteiger partial charge in [-0.2, -0.15) is 0 Å². The fraction of sp³-hybridized carbons (Fsp3) is 0.857. The number of aliphatic hydroxyl groups is 1. The van der Waals surface area contributed by atoms with Gasteiger partial charge in [0.2, 0.25) is 0 Å². The molecule has 0 radical (unpaired) electrons. The SMILES string of the molecule is CC1(O)CC(C)(C)SC(=S)N1. The van der Waals surface area contributed by atoms with E-state index in [1.807, 2.05) is 0 Å². The molecule has 11 heavy (non-hydrogen) atoms. The Hall–Kier alpha value is 0.200. The Morgan fingerprint density at radius 2 is 2.09 bits per heavy atom. The van der Waals surface area contributed by atoms with Crippen molar-refractivity contribution in [1.29, 1.82) is 0 Å². The van der Waals surface area contributed by atoms with Gasteiger partial charge in [-0.1, -0.05) is 37.8 Å². The summed E-state index contributed by atoms with van der Waals surface area (Å²) in [7, 11) is 0. The van der Waals surface area contributed by atoms with E-state index in [0.717, 1.165) is 0 Å². The van der Waals surface area contributed by atoms with E-state index in [0.29, 0.717) is 10.7 Å². The quantitative estimate of drug-likeness (QED) is 0.568. The van der Waals surface area contributed by atoms with Gasteiger partial charge in [-0.25, -0.2) is 0 Å². The Bertz CT molecular complexity index is 171. The summed E-state index contributed by atoms with van der Waals surface area (Å²) in [6, 6.07) is 0. The van der Waals surface area contributed by atoms with E-state index >= 15 is 0 Å². The molecule has 1 saturated heterocycles. The lowest BCUT2D eigenvalue weighted by Gasteiger charge is -2.40. The highest BCUT2D eigenvalue weighted by Crippen LogP contribution is 2.36. The predicted octanol–water partition coefficient (Wildman–Crippen LogP) is 1.48. The van der Waals surface area contributed by atoms with Gasteiger partial charge in [0, 0.05) is 11.2 Å². The minimum atomic E-state index is -0.828. The van der Waals surface area contributed by atoms with Gasteiger partial charge >= 0.3 is 0 Å². The van der Waals surface area contributed by atoms with Crippen LogP contribution >= 0.6 is 24.0 Å². The summed E-state index contributed by atoms with van der Waals surface area (Å²) in [4.78, 5) is 0. The van der Waals surface area contributed by atoms with Crippen molar-refractivity contribution in [2.75, 3.05) is 0 Å². The van der Waals surface area contributed by atoms with Crippen LogP contribution in [0, 0.1) is 0 Å². The van der Waals surface area contributed by atoms with E-state index in [1.54, 1.807) is 18.7 Å². The number of hydrogen-bond donors (Lipinski definition) is 2. The Labute approximate surface area is 76.7 Å². The van der Waals surface area contributed by atoms with Gasteiger partial charge in [0.1, 0.15) is 10.0 Å². The summed E-state index contributed by atoms with van der Waals surface area (Å²) in [5.41, 5.74) is -0.828. The van der Waals surface area contributed by atoms with Gasteiger partial charge in [-0.05, 0) is 6.92 Å². The molecule has 1 atom stereocenters. The topological polar surface area (TPSA) is 32.3 Å². The standard InChI is InChI=1S/C7H13NOS2/c1-6(2)4-7(3,9)8-5(10)11-6/h9H,4H2,1-3H3,(H,8,10). The highest BCUT2D eigenvalue weighted by Gasteiger charge is 2.37. The smallest absolute Gasteiger partial charge is 0.136 e. The molecule has 1 fully saturated rings. The largest absolute Gasteiger partial charge is 0.371 e. The third-order valence-electron chi connectivity index (χ3n) is 1.51. The van der Waals surface area contributed by atoms with Gasteiger partial charge in [-0.3, -0.25) is 0 Å². The van der Waals surface area contributed by atoms with Crippen LogP contribution in [-0.4, -0.2) is 19.9 Å². The van der Waals surface area contributed by atoms with Gasteiger partial charge in [0.25, 0.3) is 0 Å². The van der Waals surface area contributed by atoms with E-state index in [4.69, 9.17) is 12.2 Å². The normalized spacial score (nSPS) is 36.5. The minimum Gasteiger partial charge on any atom is -0.371 e. The minimum absolute atomic E-state index is 0.0475. The van der Waals surface area contributed by atoms with Crippen LogP contribution in [0.3, 0.4) is 0 Å². The fourth-order valence-electron chi connectivity index (χ4n) is 1.41. The highest BCUT2D eigenvalue weighted by atomic mass is 32.2. The maximum atomic E-state index is 9.67. The third kappa shape index (κ3) is 2.61. The second kappa shape index (κ2) is 2.61. The van der Waals surface area contributed by atoms with E-state index in [-0.39, 0.29) is 4.75 Å². The molecule has 0 saturated carbocycles. The zero-order valence-electron chi connectivity index (χ0n) is 6.97. The van der Waals surface area contributed by atoms with Crippen LogP contribution in [0.2, 0.25) is 0 Å². The Morgan fingerprint density at radius 1 is 1.55 bits per heavy atom.